The molecule has 170 valence electrons. The molecule has 1 unspecified atom stereocenters. The molecule has 4 rings (SSSR count). The fraction of sp³-hybridized carbons (Fsp3) is 0.292. The highest BCUT2D eigenvalue weighted by Crippen LogP contribution is 2.32. The monoisotopic (exact) mass is 448 g/mol. The van der Waals surface area contributed by atoms with Crippen LogP contribution in [0, 0.1) is 0 Å². The molecule has 0 bridgehead atoms. The largest absolute Gasteiger partial charge is 0.384 e. The Morgan fingerprint density at radius 2 is 1.82 bits per heavy atom. The van der Waals surface area contributed by atoms with E-state index in [0.717, 1.165) is 23.3 Å². The number of unbranched alkanes of at least 4 members (excludes halogenated alkanes) is 1. The van der Waals surface area contributed by atoms with Crippen molar-refractivity contribution in [3.05, 3.63) is 64.7 Å². The fourth-order valence-electron chi connectivity index (χ4n) is 4.30. The Balaban J connectivity index is 1.40. The van der Waals surface area contributed by atoms with Crippen molar-refractivity contribution in [3.63, 3.8) is 0 Å². The number of nitrogens with one attached hydrogen (secondary N) is 2. The third-order valence-electron chi connectivity index (χ3n) is 5.94. The number of amides is 5. The van der Waals surface area contributed by atoms with Gasteiger partial charge < -0.3 is 11.1 Å². The second-order valence-electron chi connectivity index (χ2n) is 8.08. The number of carbonyl (C=O) groups is 5. The van der Waals surface area contributed by atoms with Crippen LogP contribution < -0.4 is 16.4 Å². The molecule has 2 aliphatic heterocycles. The number of aryl methyl sites for hydroxylation is 1. The van der Waals surface area contributed by atoms with E-state index in [-0.39, 0.29) is 24.0 Å². The van der Waals surface area contributed by atoms with Gasteiger partial charge in [-0.1, -0.05) is 24.3 Å². The number of nitrogens with zero attached hydrogens (tertiary/aromatic N) is 1. The van der Waals surface area contributed by atoms with E-state index in [0.29, 0.717) is 24.2 Å². The SMILES string of the molecule is NC(=O)c1ccccc1CCCCNc1cccc2c1C(=O)N(C1CCC(=O)NC1=O)C2=O. The van der Waals surface area contributed by atoms with Gasteiger partial charge in [0.05, 0.1) is 11.1 Å². The summed E-state index contributed by atoms with van der Waals surface area (Å²) < 4.78 is 0. The summed E-state index contributed by atoms with van der Waals surface area (Å²) in [4.78, 5) is 62.1. The van der Waals surface area contributed by atoms with E-state index in [4.69, 9.17) is 5.73 Å². The van der Waals surface area contributed by atoms with Gasteiger partial charge in [-0.15, -0.1) is 0 Å². The minimum Gasteiger partial charge on any atom is -0.384 e. The van der Waals surface area contributed by atoms with Crippen LogP contribution >= 0.6 is 0 Å². The van der Waals surface area contributed by atoms with Crippen LogP contribution in [0.1, 0.15) is 62.3 Å². The summed E-state index contributed by atoms with van der Waals surface area (Å²) >= 11 is 0. The van der Waals surface area contributed by atoms with Crippen molar-refractivity contribution in [2.45, 2.75) is 38.1 Å². The molecular formula is C24H24N4O5. The smallest absolute Gasteiger partial charge is 0.264 e. The molecule has 5 amide bonds. The predicted molar refractivity (Wildman–Crippen MR) is 120 cm³/mol. The minimum atomic E-state index is -0.992. The molecule has 4 N–H and O–H groups in total. The Morgan fingerprint density at radius 1 is 1.03 bits per heavy atom. The number of benzene rings is 2. The van der Waals surface area contributed by atoms with Crippen LogP contribution in [-0.2, 0) is 16.0 Å². The molecule has 0 radical (unpaired) electrons. The molecule has 2 aromatic rings. The van der Waals surface area contributed by atoms with Crippen LogP contribution in [0.15, 0.2) is 42.5 Å². The van der Waals surface area contributed by atoms with Crippen LogP contribution in [0.5, 0.6) is 0 Å². The van der Waals surface area contributed by atoms with Crippen molar-refractivity contribution in [3.8, 4) is 0 Å². The Hall–Kier alpha value is -4.01. The summed E-state index contributed by atoms with van der Waals surface area (Å²) in [6.45, 7) is 0.551. The quantitative estimate of drug-likeness (QED) is 0.414. The molecule has 9 heteroatoms. The van der Waals surface area contributed by atoms with E-state index in [1.54, 1.807) is 30.3 Å². The maximum atomic E-state index is 13.1. The zero-order valence-electron chi connectivity index (χ0n) is 17.9. The average molecular weight is 448 g/mol. The standard InChI is InChI=1S/C24H24N4O5/c25-21(30)15-8-2-1-6-14(15)7-3-4-13-26-17-10-5-9-16-20(17)24(33)28(23(16)32)18-11-12-19(29)27-22(18)31/h1-2,5-6,8-10,18,26H,3-4,7,11-13H2,(H2,25,30)(H,27,29,31). The van der Waals surface area contributed by atoms with Crippen LogP contribution in [0.3, 0.4) is 0 Å². The van der Waals surface area contributed by atoms with Gasteiger partial charge in [-0.3, -0.25) is 34.2 Å². The lowest BCUT2D eigenvalue weighted by atomic mass is 10.0. The van der Waals surface area contributed by atoms with E-state index >= 15 is 0 Å². The number of anilines is 1. The molecule has 0 aliphatic carbocycles. The van der Waals surface area contributed by atoms with E-state index in [1.807, 2.05) is 12.1 Å². The van der Waals surface area contributed by atoms with E-state index in [9.17, 15) is 24.0 Å². The third-order valence-corrected chi connectivity index (χ3v) is 5.94. The van der Waals surface area contributed by atoms with Gasteiger partial charge in [0.1, 0.15) is 6.04 Å². The molecule has 0 aromatic heterocycles. The molecule has 9 nitrogen and oxygen atoms in total. The van der Waals surface area contributed by atoms with Crippen molar-refractivity contribution in [1.29, 1.82) is 0 Å². The van der Waals surface area contributed by atoms with Crippen LogP contribution in [0.25, 0.3) is 0 Å². The maximum Gasteiger partial charge on any atom is 0.264 e. The lowest BCUT2D eigenvalue weighted by molar-refractivity contribution is -0.136. The van der Waals surface area contributed by atoms with Gasteiger partial charge in [-0.25, -0.2) is 0 Å². The molecular weight excluding hydrogens is 424 g/mol. The Labute approximate surface area is 190 Å². The van der Waals surface area contributed by atoms with Gasteiger partial charge in [0.15, 0.2) is 0 Å². The van der Waals surface area contributed by atoms with Gasteiger partial charge in [0.25, 0.3) is 11.8 Å². The molecule has 0 saturated carbocycles. The summed E-state index contributed by atoms with van der Waals surface area (Å²) in [6.07, 6.45) is 2.44. The summed E-state index contributed by atoms with van der Waals surface area (Å²) in [5.74, 6) is -2.56. The zero-order valence-corrected chi connectivity index (χ0v) is 17.9. The number of fused-ring (bicyclic) bond motifs is 1. The molecule has 2 aliphatic rings. The second-order valence-corrected chi connectivity index (χ2v) is 8.08. The van der Waals surface area contributed by atoms with Crippen molar-refractivity contribution in [2.75, 3.05) is 11.9 Å². The average Bonchev–Trinajstić information content (AvgIpc) is 3.05. The Bertz CT molecular complexity index is 1160. The van der Waals surface area contributed by atoms with Crippen LogP contribution in [0.4, 0.5) is 5.69 Å². The van der Waals surface area contributed by atoms with Gasteiger partial charge >= 0.3 is 0 Å². The van der Waals surface area contributed by atoms with Crippen molar-refractivity contribution < 1.29 is 24.0 Å². The maximum absolute atomic E-state index is 13.1. The molecule has 2 heterocycles. The van der Waals surface area contributed by atoms with Gasteiger partial charge in [-0.05, 0) is 49.4 Å². The molecule has 2 aromatic carbocycles. The molecule has 1 fully saturated rings. The highest BCUT2D eigenvalue weighted by atomic mass is 16.2. The summed E-state index contributed by atoms with van der Waals surface area (Å²) in [5.41, 5.74) is 7.84. The first-order chi connectivity index (χ1) is 15.9. The number of piperidine rings is 1. The summed E-state index contributed by atoms with van der Waals surface area (Å²) in [7, 11) is 0. The lowest BCUT2D eigenvalue weighted by Crippen LogP contribution is -2.54. The van der Waals surface area contributed by atoms with Crippen LogP contribution in [0.2, 0.25) is 0 Å². The number of primary amides is 1. The summed E-state index contributed by atoms with van der Waals surface area (Å²) in [6, 6.07) is 11.2. The normalized spacial score (nSPS) is 17.7. The minimum absolute atomic E-state index is 0.0772. The van der Waals surface area contributed by atoms with Crippen molar-refractivity contribution in [1.82, 2.24) is 10.2 Å². The topological polar surface area (TPSA) is 139 Å². The second kappa shape index (κ2) is 9.23. The third kappa shape index (κ3) is 4.34. The number of nitrogens with two attached hydrogens (primary N) is 1. The lowest BCUT2D eigenvalue weighted by Gasteiger charge is -2.27. The highest BCUT2D eigenvalue weighted by Gasteiger charge is 2.45. The van der Waals surface area contributed by atoms with Gasteiger partial charge in [0, 0.05) is 24.2 Å². The molecule has 33 heavy (non-hydrogen) atoms. The number of imide groups is 2. The zero-order chi connectivity index (χ0) is 23.5. The number of hydrogen-bond acceptors (Lipinski definition) is 6. The van der Waals surface area contributed by atoms with E-state index < -0.39 is 35.6 Å². The van der Waals surface area contributed by atoms with Crippen LogP contribution in [-0.4, -0.2) is 47.0 Å². The van der Waals surface area contributed by atoms with E-state index in [2.05, 4.69) is 10.6 Å². The first kappa shape index (κ1) is 22.2. The van der Waals surface area contributed by atoms with Crippen molar-refractivity contribution >= 4 is 35.2 Å². The van der Waals surface area contributed by atoms with Gasteiger partial charge in [0.2, 0.25) is 17.7 Å². The number of hydrogen-bond donors (Lipinski definition) is 3. The Kier molecular flexibility index (Phi) is 6.21. The highest BCUT2D eigenvalue weighted by molar-refractivity contribution is 6.25. The fourth-order valence-corrected chi connectivity index (χ4v) is 4.30. The molecule has 0 spiro atoms. The first-order valence-corrected chi connectivity index (χ1v) is 10.8. The molecule has 1 atom stereocenters. The van der Waals surface area contributed by atoms with Crippen molar-refractivity contribution in [2.24, 2.45) is 5.73 Å². The number of carbonyl (C=O) groups excluding carboxylic acids is 5. The number of rotatable bonds is 8. The Morgan fingerprint density at radius 3 is 2.58 bits per heavy atom. The summed E-state index contributed by atoms with van der Waals surface area (Å²) in [5, 5.41) is 5.41. The molecule has 1 saturated heterocycles. The van der Waals surface area contributed by atoms with Gasteiger partial charge in [-0.2, -0.15) is 0 Å². The first-order valence-electron chi connectivity index (χ1n) is 10.8. The van der Waals surface area contributed by atoms with E-state index in [1.165, 1.54) is 0 Å². The predicted octanol–water partition coefficient (Wildman–Crippen LogP) is 1.62.